The van der Waals surface area contributed by atoms with Crippen molar-refractivity contribution >= 4 is 34.8 Å². The molecule has 162 valence electrons. The van der Waals surface area contributed by atoms with Crippen LogP contribution in [0.5, 0.6) is 0 Å². The molecular weight excluding hydrogens is 431 g/mol. The van der Waals surface area contributed by atoms with Crippen LogP contribution in [0.3, 0.4) is 0 Å². The van der Waals surface area contributed by atoms with Crippen molar-refractivity contribution in [1.29, 1.82) is 0 Å². The van der Waals surface area contributed by atoms with Crippen LogP contribution in [-0.4, -0.2) is 27.7 Å². The lowest BCUT2D eigenvalue weighted by Crippen LogP contribution is -2.48. The molecule has 2 heterocycles. The zero-order valence-electron chi connectivity index (χ0n) is 17.8. The molecule has 1 aliphatic rings. The highest BCUT2D eigenvalue weighted by Gasteiger charge is 2.28. The highest BCUT2D eigenvalue weighted by atomic mass is 35.5. The van der Waals surface area contributed by atoms with E-state index in [9.17, 15) is 4.79 Å². The van der Waals surface area contributed by atoms with Crippen molar-refractivity contribution in [3.8, 4) is 0 Å². The Morgan fingerprint density at radius 1 is 1.06 bits per heavy atom. The number of unbranched alkanes of at least 4 members (excludes halogenated alkanes) is 1. The number of benzene rings is 2. The largest absolute Gasteiger partial charge is 0.297 e. The molecule has 1 aromatic heterocycles. The Kier molecular flexibility index (Phi) is 6.65. The highest BCUT2D eigenvalue weighted by molar-refractivity contribution is 6.36. The highest BCUT2D eigenvalue weighted by Crippen LogP contribution is 2.35. The third-order valence-corrected chi connectivity index (χ3v) is 6.16. The molecule has 0 atom stereocenters. The average molecular weight is 457 g/mol. The first kappa shape index (κ1) is 21.9. The van der Waals surface area contributed by atoms with Crippen molar-refractivity contribution < 1.29 is 0 Å². The predicted octanol–water partition coefficient (Wildman–Crippen LogP) is 5.62. The van der Waals surface area contributed by atoms with Crippen molar-refractivity contribution in [2.45, 2.75) is 39.8 Å². The minimum Gasteiger partial charge on any atom is -0.297 e. The van der Waals surface area contributed by atoms with E-state index in [0.717, 1.165) is 41.9 Å². The molecule has 1 aliphatic heterocycles. The van der Waals surface area contributed by atoms with Crippen molar-refractivity contribution in [2.24, 2.45) is 0 Å². The summed E-state index contributed by atoms with van der Waals surface area (Å²) in [5.41, 5.74) is 3.37. The number of fused-ring (bicyclic) bond motifs is 1. The summed E-state index contributed by atoms with van der Waals surface area (Å²) < 4.78 is 1.77. The summed E-state index contributed by atoms with van der Waals surface area (Å²) in [6, 6.07) is 15.5. The maximum atomic E-state index is 13.6. The molecule has 7 heteroatoms. The number of halogens is 2. The van der Waals surface area contributed by atoms with Crippen LogP contribution in [0, 0.1) is 6.92 Å². The maximum absolute atomic E-state index is 13.6. The van der Waals surface area contributed by atoms with Gasteiger partial charge in [0, 0.05) is 23.6 Å². The first-order valence-corrected chi connectivity index (χ1v) is 11.3. The predicted molar refractivity (Wildman–Crippen MR) is 128 cm³/mol. The zero-order chi connectivity index (χ0) is 22.0. The molecule has 5 nitrogen and oxygen atoms in total. The topological polar surface area (TPSA) is 41.4 Å². The Hall–Kier alpha value is -2.34. The zero-order valence-corrected chi connectivity index (χ0v) is 19.3. The van der Waals surface area contributed by atoms with Crippen LogP contribution >= 0.6 is 23.2 Å². The Balaban J connectivity index is 1.81. The normalized spacial score (nSPS) is 14.0. The van der Waals surface area contributed by atoms with Crippen LogP contribution in [-0.2, 0) is 13.1 Å². The van der Waals surface area contributed by atoms with E-state index in [4.69, 9.17) is 28.2 Å². The van der Waals surface area contributed by atoms with E-state index in [1.807, 2.05) is 54.3 Å². The van der Waals surface area contributed by atoms with E-state index in [1.54, 1.807) is 10.6 Å². The van der Waals surface area contributed by atoms with Crippen LogP contribution in [0.2, 0.25) is 10.0 Å². The van der Waals surface area contributed by atoms with Gasteiger partial charge < -0.3 is 0 Å². The number of rotatable bonds is 6. The standard InChI is InChI=1S/C24H26Cl2N4O/c1-3-4-12-28-15-29(22-11-10-19(25)14-21(22)26)24-27-17(2)20(23(31)30(24)16-28)13-18-8-6-5-7-9-18/h5-11,14H,3-4,12-13,15-16H2,1-2H3. The quantitative estimate of drug-likeness (QED) is 0.482. The molecule has 0 aliphatic carbocycles. The van der Waals surface area contributed by atoms with E-state index in [2.05, 4.69) is 11.8 Å². The van der Waals surface area contributed by atoms with E-state index >= 15 is 0 Å². The first-order valence-electron chi connectivity index (χ1n) is 10.6. The maximum Gasteiger partial charge on any atom is 0.259 e. The molecule has 0 saturated carbocycles. The van der Waals surface area contributed by atoms with Crippen LogP contribution in [0.25, 0.3) is 0 Å². The smallest absolute Gasteiger partial charge is 0.259 e. The molecule has 3 aromatic rings. The van der Waals surface area contributed by atoms with E-state index in [0.29, 0.717) is 35.8 Å². The fourth-order valence-corrected chi connectivity index (χ4v) is 4.45. The second kappa shape index (κ2) is 9.43. The molecule has 2 aromatic carbocycles. The van der Waals surface area contributed by atoms with Gasteiger partial charge in [0.15, 0.2) is 0 Å². The number of hydrogen-bond acceptors (Lipinski definition) is 4. The monoisotopic (exact) mass is 456 g/mol. The van der Waals surface area contributed by atoms with E-state index < -0.39 is 0 Å². The molecule has 0 unspecified atom stereocenters. The summed E-state index contributed by atoms with van der Waals surface area (Å²) in [7, 11) is 0. The van der Waals surface area contributed by atoms with Gasteiger partial charge in [0.25, 0.3) is 5.56 Å². The molecule has 0 fully saturated rings. The van der Waals surface area contributed by atoms with E-state index in [1.165, 1.54) is 0 Å². The SMILES string of the molecule is CCCCN1CN(c2ccc(Cl)cc2Cl)c2nc(C)c(Cc3ccccc3)c(=O)n2C1. The van der Waals surface area contributed by atoms with Gasteiger partial charge in [0.1, 0.15) is 0 Å². The minimum absolute atomic E-state index is 0.00244. The number of aromatic nitrogens is 2. The van der Waals surface area contributed by atoms with Crippen molar-refractivity contribution in [3.63, 3.8) is 0 Å². The number of aryl methyl sites for hydroxylation is 1. The molecule has 0 N–H and O–H groups in total. The molecular formula is C24H26Cl2N4O. The summed E-state index contributed by atoms with van der Waals surface area (Å²) in [5.74, 6) is 0.622. The van der Waals surface area contributed by atoms with Crippen molar-refractivity contribution in [3.05, 3.63) is 85.8 Å². The van der Waals surface area contributed by atoms with Gasteiger partial charge in [-0.15, -0.1) is 0 Å². The third kappa shape index (κ3) is 4.64. The van der Waals surface area contributed by atoms with Gasteiger partial charge in [-0.05, 0) is 37.1 Å². The lowest BCUT2D eigenvalue weighted by Gasteiger charge is -2.38. The van der Waals surface area contributed by atoms with Crippen LogP contribution in [0.4, 0.5) is 11.6 Å². The van der Waals surface area contributed by atoms with Gasteiger partial charge in [-0.2, -0.15) is 0 Å². The first-order chi connectivity index (χ1) is 15.0. The number of nitrogens with zero attached hydrogens (tertiary/aromatic N) is 4. The fourth-order valence-electron chi connectivity index (χ4n) is 3.94. The second-order valence-electron chi connectivity index (χ2n) is 7.93. The Bertz CT molecular complexity index is 1130. The minimum atomic E-state index is 0.00244. The molecule has 0 spiro atoms. The van der Waals surface area contributed by atoms with Gasteiger partial charge in [-0.3, -0.25) is 19.2 Å². The van der Waals surface area contributed by atoms with Gasteiger partial charge in [-0.25, -0.2) is 4.98 Å². The number of hydrogen-bond donors (Lipinski definition) is 0. The Labute approximate surface area is 192 Å². The van der Waals surface area contributed by atoms with Gasteiger partial charge >= 0.3 is 0 Å². The molecule has 0 saturated heterocycles. The lowest BCUT2D eigenvalue weighted by atomic mass is 10.1. The summed E-state index contributed by atoms with van der Waals surface area (Å²) in [6.07, 6.45) is 2.71. The molecule has 0 bridgehead atoms. The van der Waals surface area contributed by atoms with Gasteiger partial charge in [-0.1, -0.05) is 66.9 Å². The van der Waals surface area contributed by atoms with E-state index in [-0.39, 0.29) is 5.56 Å². The third-order valence-electron chi connectivity index (χ3n) is 5.63. The lowest BCUT2D eigenvalue weighted by molar-refractivity contribution is 0.195. The molecule has 0 radical (unpaired) electrons. The summed E-state index contributed by atoms with van der Waals surface area (Å²) in [5, 5.41) is 1.12. The average Bonchev–Trinajstić information content (AvgIpc) is 2.76. The van der Waals surface area contributed by atoms with Crippen molar-refractivity contribution in [2.75, 3.05) is 18.1 Å². The summed E-state index contributed by atoms with van der Waals surface area (Å²) in [4.78, 5) is 22.7. The second-order valence-corrected chi connectivity index (χ2v) is 8.77. The molecule has 31 heavy (non-hydrogen) atoms. The Morgan fingerprint density at radius 3 is 2.55 bits per heavy atom. The van der Waals surface area contributed by atoms with Crippen LogP contribution in [0.1, 0.15) is 36.6 Å². The van der Waals surface area contributed by atoms with Gasteiger partial charge in [0.05, 0.1) is 29.7 Å². The van der Waals surface area contributed by atoms with Crippen molar-refractivity contribution in [1.82, 2.24) is 14.5 Å². The Morgan fingerprint density at radius 2 is 1.84 bits per heavy atom. The fraction of sp³-hybridized carbons (Fsp3) is 0.333. The van der Waals surface area contributed by atoms with Crippen LogP contribution in [0.15, 0.2) is 53.3 Å². The summed E-state index contributed by atoms with van der Waals surface area (Å²) >= 11 is 12.7. The molecule has 0 amide bonds. The molecule has 4 rings (SSSR count). The number of anilines is 2. The van der Waals surface area contributed by atoms with Crippen LogP contribution < -0.4 is 10.5 Å². The van der Waals surface area contributed by atoms with Gasteiger partial charge in [0.2, 0.25) is 5.95 Å². The summed E-state index contributed by atoms with van der Waals surface area (Å²) in [6.45, 7) is 6.11.